The predicted octanol–water partition coefficient (Wildman–Crippen LogP) is 5.43. The fraction of sp³-hybridized carbons (Fsp3) is 0.433. The van der Waals surface area contributed by atoms with Crippen LogP contribution in [0, 0.1) is 6.92 Å². The highest BCUT2D eigenvalue weighted by Gasteiger charge is 2.26. The number of fused-ring (bicyclic) bond motifs is 9. The highest BCUT2D eigenvalue weighted by Crippen LogP contribution is 2.36. The predicted molar refractivity (Wildman–Crippen MR) is 150 cm³/mol. The number of allylic oxidation sites excluding steroid dienone is 2. The Kier molecular flexibility index (Phi) is 6.01. The number of H-pyrrole nitrogens is 2. The molecule has 7 heteroatoms. The summed E-state index contributed by atoms with van der Waals surface area (Å²) in [6.07, 6.45) is 10.9. The van der Waals surface area contributed by atoms with Gasteiger partial charge in [0.1, 0.15) is 0 Å². The van der Waals surface area contributed by atoms with Gasteiger partial charge in [0.05, 0.1) is 50.9 Å². The maximum Gasteiger partial charge on any atom is 0.0901 e. The van der Waals surface area contributed by atoms with Crippen LogP contribution in [-0.4, -0.2) is 55.2 Å². The molecule has 6 rings (SSSR count). The van der Waals surface area contributed by atoms with Gasteiger partial charge in [-0.1, -0.05) is 13.8 Å². The van der Waals surface area contributed by atoms with Crippen molar-refractivity contribution in [1.29, 1.82) is 0 Å². The molecule has 2 aromatic heterocycles. The number of aromatic nitrogens is 2. The lowest BCUT2D eigenvalue weighted by molar-refractivity contribution is 0.250. The third-order valence-electron chi connectivity index (χ3n) is 8.28. The van der Waals surface area contributed by atoms with Crippen LogP contribution in [0.15, 0.2) is 58.8 Å². The van der Waals surface area contributed by atoms with E-state index in [1.807, 2.05) is 0 Å². The molecule has 0 unspecified atom stereocenters. The van der Waals surface area contributed by atoms with E-state index in [-0.39, 0.29) is 0 Å². The van der Waals surface area contributed by atoms with Gasteiger partial charge < -0.3 is 29.6 Å². The zero-order valence-corrected chi connectivity index (χ0v) is 22.9. The van der Waals surface area contributed by atoms with Crippen molar-refractivity contribution < 1.29 is 0 Å². The number of nitrogens with one attached hydrogen (secondary N) is 2. The van der Waals surface area contributed by atoms with E-state index >= 15 is 0 Å². The first-order valence-electron chi connectivity index (χ1n) is 13.6. The van der Waals surface area contributed by atoms with Gasteiger partial charge in [0, 0.05) is 47.6 Å². The maximum atomic E-state index is 5.26. The number of hydrogen-bond acceptors (Lipinski definition) is 5. The van der Waals surface area contributed by atoms with Crippen molar-refractivity contribution in [3.8, 4) is 0 Å². The van der Waals surface area contributed by atoms with Gasteiger partial charge in [-0.2, -0.15) is 0 Å². The molecule has 7 nitrogen and oxygen atoms in total. The lowest BCUT2D eigenvalue weighted by atomic mass is 9.98. The quantitative estimate of drug-likeness (QED) is 0.581. The van der Waals surface area contributed by atoms with E-state index in [1.165, 1.54) is 56.3 Å². The molecule has 2 N–H and O–H groups in total. The third-order valence-corrected chi connectivity index (χ3v) is 8.28. The van der Waals surface area contributed by atoms with Crippen LogP contribution in [0.1, 0.15) is 68.0 Å². The maximum absolute atomic E-state index is 5.26. The van der Waals surface area contributed by atoms with Crippen molar-refractivity contribution in [1.82, 2.24) is 29.6 Å². The summed E-state index contributed by atoms with van der Waals surface area (Å²) in [4.78, 5) is 22.3. The Balaban J connectivity index is 1.40. The topological polar surface area (TPSA) is 56.9 Å². The molecule has 0 amide bonds. The number of aliphatic imine (C=N–C) groups is 1. The standard InChI is InChI=1S/C30H39N7/c1-6-25-20(3)29-22(5)30-21(4)26(7-2)28(33-30)17-37-13-11-35(19-37)15-24-9-8-23(31-24)14-34-10-12-36(18-34)16-27(25)32-29/h8-13,31-32H,6-7,14-19H2,1-5H3/b30-22-. The van der Waals surface area contributed by atoms with Crippen molar-refractivity contribution in [2.24, 2.45) is 4.99 Å². The molecule has 0 saturated carbocycles. The molecule has 10 bridgehead atoms. The van der Waals surface area contributed by atoms with Crippen molar-refractivity contribution in [3.63, 3.8) is 0 Å². The molecule has 194 valence electrons. The van der Waals surface area contributed by atoms with E-state index in [1.54, 1.807) is 0 Å². The molecule has 0 saturated heterocycles. The summed E-state index contributed by atoms with van der Waals surface area (Å²) in [6.45, 7) is 16.5. The molecule has 0 spiro atoms. The highest BCUT2D eigenvalue weighted by atomic mass is 15.4. The van der Waals surface area contributed by atoms with E-state index in [4.69, 9.17) is 4.99 Å². The second-order valence-corrected chi connectivity index (χ2v) is 10.8. The summed E-state index contributed by atoms with van der Waals surface area (Å²) in [7, 11) is 0. The van der Waals surface area contributed by atoms with Gasteiger partial charge in [-0.15, -0.1) is 0 Å². The lowest BCUT2D eigenvalue weighted by Crippen LogP contribution is -2.29. The minimum atomic E-state index is 0.838. The minimum absolute atomic E-state index is 0.838. The summed E-state index contributed by atoms with van der Waals surface area (Å²) in [6, 6.07) is 4.46. The second kappa shape index (κ2) is 9.36. The molecular weight excluding hydrogens is 458 g/mol. The minimum Gasteiger partial charge on any atom is -0.359 e. The second-order valence-electron chi connectivity index (χ2n) is 10.8. The van der Waals surface area contributed by atoms with Gasteiger partial charge in [-0.25, -0.2) is 0 Å². The zero-order chi connectivity index (χ0) is 25.7. The summed E-state index contributed by atoms with van der Waals surface area (Å²) >= 11 is 0. The Labute approximate surface area is 220 Å². The van der Waals surface area contributed by atoms with Gasteiger partial charge >= 0.3 is 0 Å². The SMILES string of the molecule is CCC1=C(C)/C2=C(\C)c3[nH]c(c(CC)c3C)CN3C=CN(Cc4ccc([nH]4)CN4C=CN(CC1=N2)C4)C3. The number of hydrogen-bond donors (Lipinski definition) is 2. The smallest absolute Gasteiger partial charge is 0.0901 e. The Morgan fingerprint density at radius 2 is 1.32 bits per heavy atom. The van der Waals surface area contributed by atoms with Crippen molar-refractivity contribution in [3.05, 3.63) is 87.7 Å². The Hall–Kier alpha value is -3.61. The van der Waals surface area contributed by atoms with Gasteiger partial charge in [0.2, 0.25) is 0 Å². The largest absolute Gasteiger partial charge is 0.359 e. The Morgan fingerprint density at radius 3 is 1.92 bits per heavy atom. The fourth-order valence-corrected chi connectivity index (χ4v) is 6.37. The molecule has 0 aliphatic carbocycles. The van der Waals surface area contributed by atoms with E-state index in [0.29, 0.717) is 0 Å². The zero-order valence-electron chi connectivity index (χ0n) is 22.9. The van der Waals surface area contributed by atoms with Crippen LogP contribution in [0.4, 0.5) is 0 Å². The van der Waals surface area contributed by atoms with E-state index in [9.17, 15) is 0 Å². The van der Waals surface area contributed by atoms with Gasteiger partial charge in [0.15, 0.2) is 0 Å². The summed E-state index contributed by atoms with van der Waals surface area (Å²) in [5.41, 5.74) is 14.2. The van der Waals surface area contributed by atoms with Crippen molar-refractivity contribution in [2.45, 2.75) is 67.1 Å². The van der Waals surface area contributed by atoms with Gasteiger partial charge in [-0.05, 0) is 73.6 Å². The van der Waals surface area contributed by atoms with Gasteiger partial charge in [0.25, 0.3) is 0 Å². The molecular formula is C30H39N7. The number of rotatable bonds is 2. The average molecular weight is 498 g/mol. The Morgan fingerprint density at radius 1 is 0.730 bits per heavy atom. The normalized spacial score (nSPS) is 21.6. The third kappa shape index (κ3) is 4.30. The fourth-order valence-electron chi connectivity index (χ4n) is 6.37. The molecule has 2 aromatic rings. The van der Waals surface area contributed by atoms with E-state index in [2.05, 4.69) is 101 Å². The van der Waals surface area contributed by atoms with Crippen LogP contribution in [0.3, 0.4) is 0 Å². The summed E-state index contributed by atoms with van der Waals surface area (Å²) < 4.78 is 0. The van der Waals surface area contributed by atoms with Crippen LogP contribution in [-0.2, 0) is 26.1 Å². The molecule has 0 radical (unpaired) electrons. The van der Waals surface area contributed by atoms with E-state index in [0.717, 1.165) is 58.1 Å². The first-order valence-corrected chi connectivity index (χ1v) is 13.6. The van der Waals surface area contributed by atoms with Crippen LogP contribution in [0.2, 0.25) is 0 Å². The van der Waals surface area contributed by atoms with E-state index < -0.39 is 0 Å². The summed E-state index contributed by atoms with van der Waals surface area (Å²) in [5.74, 6) is 0. The lowest BCUT2D eigenvalue weighted by Gasteiger charge is -2.22. The molecule has 6 heterocycles. The molecule has 0 atom stereocenters. The summed E-state index contributed by atoms with van der Waals surface area (Å²) in [5, 5.41) is 0. The molecule has 4 aliphatic heterocycles. The molecule has 0 fully saturated rings. The molecule has 37 heavy (non-hydrogen) atoms. The van der Waals surface area contributed by atoms with Crippen molar-refractivity contribution >= 4 is 11.3 Å². The highest BCUT2D eigenvalue weighted by molar-refractivity contribution is 6.07. The van der Waals surface area contributed by atoms with Crippen LogP contribution in [0.25, 0.3) is 5.57 Å². The molecule has 0 aromatic carbocycles. The number of nitrogens with zero attached hydrogens (tertiary/aromatic N) is 5. The first kappa shape index (κ1) is 23.8. The van der Waals surface area contributed by atoms with Crippen LogP contribution < -0.4 is 0 Å². The van der Waals surface area contributed by atoms with Crippen LogP contribution in [0.5, 0.6) is 0 Å². The Bertz CT molecular complexity index is 1360. The first-order chi connectivity index (χ1) is 17.9. The van der Waals surface area contributed by atoms with Crippen molar-refractivity contribution in [2.75, 3.05) is 19.9 Å². The van der Waals surface area contributed by atoms with Crippen LogP contribution >= 0.6 is 0 Å². The average Bonchev–Trinajstić information content (AvgIpc) is 3.69. The number of aromatic amines is 2. The molecule has 4 aliphatic rings. The monoisotopic (exact) mass is 497 g/mol. The van der Waals surface area contributed by atoms with Gasteiger partial charge in [-0.3, -0.25) is 4.99 Å².